The fraction of sp³-hybridized carbons (Fsp3) is 0.125. The molecule has 1 aliphatic rings. The Morgan fingerprint density at radius 1 is 1.05 bits per heavy atom. The summed E-state index contributed by atoms with van der Waals surface area (Å²) >= 11 is 6.22. The Kier molecular flexibility index (Phi) is 3.07. The number of carbonyl (C=O) groups excluding carboxylic acids is 1. The second-order valence-electron chi connectivity index (χ2n) is 4.86. The van der Waals surface area contributed by atoms with Crippen LogP contribution in [-0.2, 0) is 4.79 Å². The molecule has 100 valence electrons. The average Bonchev–Trinajstić information content (AvgIpc) is 2.75. The third kappa shape index (κ3) is 2.10. The van der Waals surface area contributed by atoms with Gasteiger partial charge in [0.1, 0.15) is 5.71 Å². The van der Waals surface area contributed by atoms with E-state index in [-0.39, 0.29) is 5.91 Å². The van der Waals surface area contributed by atoms with Crippen molar-refractivity contribution in [2.75, 3.05) is 5.32 Å². The number of halogens is 1. The number of hydrogen-bond donors (Lipinski definition) is 1. The highest BCUT2D eigenvalue weighted by Gasteiger charge is 2.29. The largest absolute Gasteiger partial charge is 0.320 e. The van der Waals surface area contributed by atoms with Crippen molar-refractivity contribution in [1.82, 2.24) is 0 Å². The number of nitrogens with zero attached hydrogens (tertiary/aromatic N) is 1. The van der Waals surface area contributed by atoms with Gasteiger partial charge in [0, 0.05) is 5.56 Å². The van der Waals surface area contributed by atoms with Gasteiger partial charge in [-0.15, -0.1) is 0 Å². The number of aryl methyl sites for hydroxylation is 2. The zero-order valence-electron chi connectivity index (χ0n) is 11.2. The minimum atomic E-state index is -0.211. The van der Waals surface area contributed by atoms with Gasteiger partial charge in [0.25, 0.3) is 5.91 Å². The van der Waals surface area contributed by atoms with Crippen molar-refractivity contribution in [2.45, 2.75) is 13.8 Å². The number of hydrogen-bond acceptors (Lipinski definition) is 2. The molecule has 1 heterocycles. The van der Waals surface area contributed by atoms with E-state index in [1.54, 1.807) is 6.07 Å². The van der Waals surface area contributed by atoms with Crippen LogP contribution in [0.1, 0.15) is 16.7 Å². The fourth-order valence-electron chi connectivity index (χ4n) is 2.22. The maximum absolute atomic E-state index is 12.1. The predicted molar refractivity (Wildman–Crippen MR) is 82.2 cm³/mol. The first kappa shape index (κ1) is 12.9. The predicted octanol–water partition coefficient (Wildman–Crippen LogP) is 4.03. The van der Waals surface area contributed by atoms with Crippen LogP contribution in [0.5, 0.6) is 0 Å². The van der Waals surface area contributed by atoms with E-state index in [2.05, 4.69) is 10.3 Å². The third-order valence-corrected chi connectivity index (χ3v) is 3.64. The van der Waals surface area contributed by atoms with Gasteiger partial charge in [0.05, 0.1) is 16.4 Å². The van der Waals surface area contributed by atoms with Crippen LogP contribution in [0.25, 0.3) is 0 Å². The Labute approximate surface area is 122 Å². The van der Waals surface area contributed by atoms with Gasteiger partial charge < -0.3 is 5.32 Å². The van der Waals surface area contributed by atoms with Crippen LogP contribution in [0.4, 0.5) is 11.4 Å². The summed E-state index contributed by atoms with van der Waals surface area (Å²) in [5.41, 5.74) is 4.69. The summed E-state index contributed by atoms with van der Waals surface area (Å²) < 4.78 is 0. The number of benzene rings is 2. The van der Waals surface area contributed by atoms with Crippen LogP contribution in [0.2, 0.25) is 5.02 Å². The lowest BCUT2D eigenvalue weighted by Crippen LogP contribution is -2.14. The zero-order chi connectivity index (χ0) is 14.3. The first-order valence-electron chi connectivity index (χ1n) is 6.32. The van der Waals surface area contributed by atoms with Crippen molar-refractivity contribution in [3.8, 4) is 0 Å². The Balaban J connectivity index is 2.15. The normalized spacial score (nSPS) is 15.3. The molecule has 0 aliphatic carbocycles. The van der Waals surface area contributed by atoms with Gasteiger partial charge in [0.2, 0.25) is 0 Å². The molecule has 2 aromatic carbocycles. The number of aliphatic imine (C=N–C) groups is 1. The van der Waals surface area contributed by atoms with Gasteiger partial charge in [-0.25, -0.2) is 4.99 Å². The van der Waals surface area contributed by atoms with E-state index in [0.29, 0.717) is 16.3 Å². The maximum Gasteiger partial charge on any atom is 0.275 e. The summed E-state index contributed by atoms with van der Waals surface area (Å²) in [5, 5.41) is 3.37. The fourth-order valence-corrected chi connectivity index (χ4v) is 2.46. The summed E-state index contributed by atoms with van der Waals surface area (Å²) in [5.74, 6) is -0.211. The molecule has 3 rings (SSSR count). The molecule has 0 radical (unpaired) electrons. The highest BCUT2D eigenvalue weighted by atomic mass is 35.5. The molecule has 0 fully saturated rings. The Bertz CT molecular complexity index is 733. The lowest BCUT2D eigenvalue weighted by molar-refractivity contribution is -0.110. The number of nitrogens with one attached hydrogen (secondary N) is 1. The van der Waals surface area contributed by atoms with Gasteiger partial charge in [-0.3, -0.25) is 4.79 Å². The van der Waals surface area contributed by atoms with Crippen LogP contribution in [0.15, 0.2) is 41.4 Å². The molecule has 0 bridgehead atoms. The molecule has 20 heavy (non-hydrogen) atoms. The van der Waals surface area contributed by atoms with Gasteiger partial charge in [-0.05, 0) is 37.6 Å². The molecule has 1 amide bonds. The van der Waals surface area contributed by atoms with Crippen molar-refractivity contribution in [2.24, 2.45) is 4.99 Å². The van der Waals surface area contributed by atoms with Crippen LogP contribution in [-0.4, -0.2) is 11.6 Å². The van der Waals surface area contributed by atoms with E-state index in [1.807, 2.05) is 44.2 Å². The van der Waals surface area contributed by atoms with Crippen molar-refractivity contribution < 1.29 is 4.79 Å². The van der Waals surface area contributed by atoms with Gasteiger partial charge in [0.15, 0.2) is 0 Å². The topological polar surface area (TPSA) is 41.5 Å². The third-order valence-electron chi connectivity index (χ3n) is 3.33. The molecule has 0 saturated carbocycles. The van der Waals surface area contributed by atoms with Crippen molar-refractivity contribution in [3.05, 3.63) is 58.1 Å². The average molecular weight is 285 g/mol. The molecule has 0 atom stereocenters. The van der Waals surface area contributed by atoms with E-state index in [0.717, 1.165) is 22.5 Å². The van der Waals surface area contributed by atoms with E-state index in [9.17, 15) is 4.79 Å². The summed E-state index contributed by atoms with van der Waals surface area (Å²) in [6.45, 7) is 3.94. The Morgan fingerprint density at radius 3 is 2.45 bits per heavy atom. The highest BCUT2D eigenvalue weighted by Crippen LogP contribution is 2.34. The lowest BCUT2D eigenvalue weighted by atomic mass is 10.1. The van der Waals surface area contributed by atoms with Gasteiger partial charge in [-0.1, -0.05) is 35.4 Å². The molecule has 1 aliphatic heterocycles. The molecule has 0 aromatic heterocycles. The number of carbonyl (C=O) groups is 1. The first-order chi connectivity index (χ1) is 9.56. The van der Waals surface area contributed by atoms with Gasteiger partial charge in [-0.2, -0.15) is 0 Å². The molecule has 0 saturated heterocycles. The molecular formula is C16H13ClN2O. The standard InChI is InChI=1S/C16H13ClN2O/c1-9-3-6-11(7-4-9)18-15-13-12(17)8-5-10(2)14(13)19-16(15)20/h3-8H,1-2H3,(H,18,19,20). The Hall–Kier alpha value is -2.13. The molecular weight excluding hydrogens is 272 g/mol. The molecule has 0 spiro atoms. The molecule has 2 aromatic rings. The van der Waals surface area contributed by atoms with E-state index in [4.69, 9.17) is 11.6 Å². The van der Waals surface area contributed by atoms with Crippen molar-refractivity contribution in [3.63, 3.8) is 0 Å². The summed E-state index contributed by atoms with van der Waals surface area (Å²) in [4.78, 5) is 16.6. The number of fused-ring (bicyclic) bond motifs is 1. The first-order valence-corrected chi connectivity index (χ1v) is 6.70. The lowest BCUT2D eigenvalue weighted by Gasteiger charge is -2.04. The molecule has 1 N–H and O–H groups in total. The van der Waals surface area contributed by atoms with E-state index >= 15 is 0 Å². The second kappa shape index (κ2) is 4.76. The van der Waals surface area contributed by atoms with Crippen molar-refractivity contribution in [1.29, 1.82) is 0 Å². The smallest absolute Gasteiger partial charge is 0.275 e. The van der Waals surface area contributed by atoms with Gasteiger partial charge >= 0.3 is 0 Å². The maximum atomic E-state index is 12.1. The van der Waals surface area contributed by atoms with Crippen LogP contribution < -0.4 is 5.32 Å². The molecule has 4 heteroatoms. The minimum absolute atomic E-state index is 0.211. The number of anilines is 1. The van der Waals surface area contributed by atoms with Crippen LogP contribution in [0.3, 0.4) is 0 Å². The summed E-state index contributed by atoms with van der Waals surface area (Å²) in [7, 11) is 0. The number of rotatable bonds is 1. The second-order valence-corrected chi connectivity index (χ2v) is 5.27. The number of amides is 1. The van der Waals surface area contributed by atoms with Crippen LogP contribution in [0, 0.1) is 13.8 Å². The Morgan fingerprint density at radius 2 is 1.75 bits per heavy atom. The van der Waals surface area contributed by atoms with E-state index in [1.165, 1.54) is 0 Å². The highest BCUT2D eigenvalue weighted by molar-refractivity contribution is 6.57. The SMILES string of the molecule is Cc1ccc(N=C2C(=O)Nc3c(C)ccc(Cl)c32)cc1. The van der Waals surface area contributed by atoms with E-state index < -0.39 is 0 Å². The molecule has 0 unspecified atom stereocenters. The van der Waals surface area contributed by atoms with Crippen LogP contribution >= 0.6 is 11.6 Å². The quantitative estimate of drug-likeness (QED) is 0.844. The minimum Gasteiger partial charge on any atom is -0.320 e. The monoisotopic (exact) mass is 284 g/mol. The molecule has 3 nitrogen and oxygen atoms in total. The summed E-state index contributed by atoms with van der Waals surface area (Å²) in [6.07, 6.45) is 0. The summed E-state index contributed by atoms with van der Waals surface area (Å²) in [6, 6.07) is 11.4. The zero-order valence-corrected chi connectivity index (χ0v) is 12.0. The van der Waals surface area contributed by atoms with Crippen molar-refractivity contribution >= 4 is 34.6 Å².